The highest BCUT2D eigenvalue weighted by molar-refractivity contribution is 5.96. The molecule has 2 aliphatic rings. The summed E-state index contributed by atoms with van der Waals surface area (Å²) in [6, 6.07) is 0.0944. The van der Waals surface area contributed by atoms with Gasteiger partial charge in [0.25, 0.3) is 5.91 Å². The molecule has 0 radical (unpaired) electrons. The molecule has 2 heterocycles. The molecular formula is C15H26N4O. The van der Waals surface area contributed by atoms with Gasteiger partial charge in [-0.3, -0.25) is 9.69 Å². The molecule has 0 aromatic rings. The summed E-state index contributed by atoms with van der Waals surface area (Å²) in [5.74, 6) is -0.0654. The number of nitrogens with zero attached hydrogens (tertiary/aromatic N) is 1. The van der Waals surface area contributed by atoms with Crippen LogP contribution in [0.3, 0.4) is 0 Å². The van der Waals surface area contributed by atoms with Crippen LogP contribution in [0.4, 0.5) is 0 Å². The Morgan fingerprint density at radius 1 is 1.60 bits per heavy atom. The number of carbonyl (C=O) groups is 1. The van der Waals surface area contributed by atoms with Crippen LogP contribution in [-0.2, 0) is 4.79 Å². The van der Waals surface area contributed by atoms with Crippen LogP contribution in [0.5, 0.6) is 0 Å². The predicted octanol–water partition coefficient (Wildman–Crippen LogP) is 0.695. The largest absolute Gasteiger partial charge is 0.400 e. The monoisotopic (exact) mass is 278 g/mol. The maximum absolute atomic E-state index is 12.0. The first-order valence-electron chi connectivity index (χ1n) is 7.37. The van der Waals surface area contributed by atoms with E-state index in [1.54, 1.807) is 12.3 Å². The van der Waals surface area contributed by atoms with Crippen molar-refractivity contribution in [2.24, 2.45) is 5.73 Å². The molecule has 112 valence electrons. The number of likely N-dealkylation sites (tertiary alicyclic amines) is 1. The van der Waals surface area contributed by atoms with E-state index in [0.717, 1.165) is 13.1 Å². The summed E-state index contributed by atoms with van der Waals surface area (Å²) in [4.78, 5) is 14.5. The first-order valence-corrected chi connectivity index (χ1v) is 7.37. The van der Waals surface area contributed by atoms with Crippen LogP contribution in [0.25, 0.3) is 0 Å². The first-order chi connectivity index (χ1) is 9.40. The van der Waals surface area contributed by atoms with Crippen molar-refractivity contribution in [3.63, 3.8) is 0 Å². The number of nitrogens with one attached hydrogen (secondary N) is 2. The summed E-state index contributed by atoms with van der Waals surface area (Å²) in [5.41, 5.74) is 7.39. The van der Waals surface area contributed by atoms with Gasteiger partial charge >= 0.3 is 0 Å². The lowest BCUT2D eigenvalue weighted by Crippen LogP contribution is -2.43. The molecule has 1 saturated heterocycles. The normalized spacial score (nSPS) is 25.6. The maximum Gasteiger partial charge on any atom is 0.252 e. The quantitative estimate of drug-likeness (QED) is 0.708. The fourth-order valence-corrected chi connectivity index (χ4v) is 2.77. The van der Waals surface area contributed by atoms with E-state index in [0.29, 0.717) is 17.8 Å². The number of amides is 1. The second-order valence-corrected chi connectivity index (χ2v) is 6.29. The minimum Gasteiger partial charge on any atom is -0.400 e. The van der Waals surface area contributed by atoms with E-state index in [2.05, 4.69) is 29.4 Å². The molecule has 0 spiro atoms. The Kier molecular flexibility index (Phi) is 4.38. The second kappa shape index (κ2) is 5.87. The highest BCUT2D eigenvalue weighted by Crippen LogP contribution is 2.27. The van der Waals surface area contributed by atoms with Gasteiger partial charge in [-0.1, -0.05) is 0 Å². The molecule has 0 aromatic carbocycles. The number of hydrogen-bond donors (Lipinski definition) is 3. The second-order valence-electron chi connectivity index (χ2n) is 6.29. The number of hydrogen-bond acceptors (Lipinski definition) is 4. The zero-order chi connectivity index (χ0) is 14.8. The molecular weight excluding hydrogens is 252 g/mol. The molecule has 5 heteroatoms. The van der Waals surface area contributed by atoms with E-state index < -0.39 is 0 Å². The number of carbonyl (C=O) groups excluding carboxylic acids is 1. The van der Waals surface area contributed by atoms with E-state index in [-0.39, 0.29) is 17.5 Å². The van der Waals surface area contributed by atoms with Gasteiger partial charge in [-0.05, 0) is 46.2 Å². The van der Waals surface area contributed by atoms with E-state index in [1.165, 1.54) is 12.8 Å². The first kappa shape index (κ1) is 14.9. The van der Waals surface area contributed by atoms with Gasteiger partial charge in [0.15, 0.2) is 0 Å². The molecule has 0 aliphatic carbocycles. The molecule has 1 amide bonds. The Morgan fingerprint density at radius 2 is 2.35 bits per heavy atom. The smallest absolute Gasteiger partial charge is 0.252 e. The SMILES string of the molecule is CC1NC=C(C(=O)NCCN2CCCC2(C)C)C=C1N. The lowest BCUT2D eigenvalue weighted by molar-refractivity contribution is -0.117. The molecule has 0 aromatic heterocycles. The van der Waals surface area contributed by atoms with Crippen molar-refractivity contribution >= 4 is 5.91 Å². The number of dihydropyridines is 1. The molecule has 20 heavy (non-hydrogen) atoms. The fraction of sp³-hybridized carbons (Fsp3) is 0.667. The van der Waals surface area contributed by atoms with Crippen molar-refractivity contribution in [3.8, 4) is 0 Å². The van der Waals surface area contributed by atoms with Crippen LogP contribution in [0.2, 0.25) is 0 Å². The van der Waals surface area contributed by atoms with Crippen LogP contribution in [-0.4, -0.2) is 42.0 Å². The zero-order valence-electron chi connectivity index (χ0n) is 12.7. The molecule has 5 nitrogen and oxygen atoms in total. The van der Waals surface area contributed by atoms with Gasteiger partial charge in [0.1, 0.15) is 0 Å². The van der Waals surface area contributed by atoms with Crippen LogP contribution < -0.4 is 16.4 Å². The molecule has 1 unspecified atom stereocenters. The molecule has 4 N–H and O–H groups in total. The van der Waals surface area contributed by atoms with Gasteiger partial charge in [-0.2, -0.15) is 0 Å². The molecule has 2 rings (SSSR count). The average molecular weight is 278 g/mol. The Hall–Kier alpha value is -1.49. The van der Waals surface area contributed by atoms with Crippen molar-refractivity contribution in [1.29, 1.82) is 0 Å². The van der Waals surface area contributed by atoms with Crippen LogP contribution >= 0.6 is 0 Å². The minimum atomic E-state index is -0.0654. The van der Waals surface area contributed by atoms with Gasteiger partial charge in [-0.25, -0.2) is 0 Å². The predicted molar refractivity (Wildman–Crippen MR) is 80.8 cm³/mol. The molecule has 2 aliphatic heterocycles. The van der Waals surface area contributed by atoms with Crippen molar-refractivity contribution in [2.45, 2.75) is 45.2 Å². The van der Waals surface area contributed by atoms with Crippen LogP contribution in [0, 0.1) is 0 Å². The third-order valence-electron chi connectivity index (χ3n) is 4.31. The zero-order valence-corrected chi connectivity index (χ0v) is 12.7. The van der Waals surface area contributed by atoms with E-state index in [1.807, 2.05) is 6.92 Å². The fourth-order valence-electron chi connectivity index (χ4n) is 2.77. The van der Waals surface area contributed by atoms with Gasteiger partial charge in [0.05, 0.1) is 11.6 Å². The lowest BCUT2D eigenvalue weighted by atomic mass is 10.0. The summed E-state index contributed by atoms with van der Waals surface area (Å²) < 4.78 is 0. The summed E-state index contributed by atoms with van der Waals surface area (Å²) in [6.07, 6.45) is 5.95. The highest BCUT2D eigenvalue weighted by Gasteiger charge is 2.31. The molecule has 1 fully saturated rings. The third kappa shape index (κ3) is 3.33. The van der Waals surface area contributed by atoms with Crippen molar-refractivity contribution < 1.29 is 4.79 Å². The van der Waals surface area contributed by atoms with Crippen LogP contribution in [0.1, 0.15) is 33.6 Å². The Labute approximate surface area is 121 Å². The highest BCUT2D eigenvalue weighted by atomic mass is 16.1. The van der Waals surface area contributed by atoms with Crippen LogP contribution in [0.15, 0.2) is 23.5 Å². The summed E-state index contributed by atoms with van der Waals surface area (Å²) in [5, 5.41) is 6.04. The summed E-state index contributed by atoms with van der Waals surface area (Å²) >= 11 is 0. The molecule has 0 bridgehead atoms. The number of rotatable bonds is 4. The third-order valence-corrected chi connectivity index (χ3v) is 4.31. The van der Waals surface area contributed by atoms with E-state index in [4.69, 9.17) is 5.73 Å². The average Bonchev–Trinajstić information content (AvgIpc) is 2.72. The standard InChI is InChI=1S/C15H26N4O/c1-11-13(16)9-12(10-18-11)14(20)17-6-8-19-7-4-5-15(19,2)3/h9-11,18H,4-8,16H2,1-3H3,(H,17,20). The Morgan fingerprint density at radius 3 is 2.95 bits per heavy atom. The van der Waals surface area contributed by atoms with Gasteiger partial charge < -0.3 is 16.4 Å². The van der Waals surface area contributed by atoms with Gasteiger partial charge in [0.2, 0.25) is 0 Å². The maximum atomic E-state index is 12.0. The topological polar surface area (TPSA) is 70.4 Å². The summed E-state index contributed by atoms with van der Waals surface area (Å²) in [6.45, 7) is 9.18. The minimum absolute atomic E-state index is 0.0654. The number of nitrogens with two attached hydrogens (primary N) is 1. The van der Waals surface area contributed by atoms with E-state index >= 15 is 0 Å². The van der Waals surface area contributed by atoms with Crippen molar-refractivity contribution in [2.75, 3.05) is 19.6 Å². The van der Waals surface area contributed by atoms with Gasteiger partial charge in [0, 0.05) is 30.5 Å². The molecule has 1 atom stereocenters. The van der Waals surface area contributed by atoms with Gasteiger partial charge in [-0.15, -0.1) is 0 Å². The van der Waals surface area contributed by atoms with Crippen molar-refractivity contribution in [3.05, 3.63) is 23.5 Å². The Balaban J connectivity index is 1.79. The van der Waals surface area contributed by atoms with E-state index in [9.17, 15) is 4.79 Å². The summed E-state index contributed by atoms with van der Waals surface area (Å²) in [7, 11) is 0. The van der Waals surface area contributed by atoms with Crippen molar-refractivity contribution in [1.82, 2.24) is 15.5 Å². The molecule has 0 saturated carbocycles. The Bertz CT molecular complexity index is 439. The lowest BCUT2D eigenvalue weighted by Gasteiger charge is -2.31.